The Balaban J connectivity index is 3.06. The Kier molecular flexibility index (Phi) is 4.58. The van der Waals surface area contributed by atoms with Crippen molar-refractivity contribution in [2.75, 3.05) is 40.1 Å². The van der Waals surface area contributed by atoms with Gasteiger partial charge in [0.15, 0.2) is 0 Å². The number of rotatable bonds is 3. The molecule has 0 heterocycles. The number of carbonyl (C=O) groups excluding carboxylic acids is 1. The van der Waals surface area contributed by atoms with Crippen LogP contribution in [0.1, 0.15) is 25.3 Å². The van der Waals surface area contributed by atoms with E-state index >= 15 is 0 Å². The Morgan fingerprint density at radius 1 is 1.21 bits per heavy atom. The van der Waals surface area contributed by atoms with Crippen LogP contribution in [0.15, 0.2) is 18.2 Å². The van der Waals surface area contributed by atoms with Gasteiger partial charge in [0.1, 0.15) is 5.75 Å². The van der Waals surface area contributed by atoms with Crippen molar-refractivity contribution in [1.29, 1.82) is 0 Å². The minimum atomic E-state index is -0.271. The van der Waals surface area contributed by atoms with Crippen LogP contribution in [0.5, 0.6) is 5.75 Å². The molecule has 0 N–H and O–H groups in total. The van der Waals surface area contributed by atoms with Gasteiger partial charge in [-0.15, -0.1) is 0 Å². The number of amides is 1. The molecule has 0 spiro atoms. The number of benzene rings is 1. The molecule has 0 aliphatic carbocycles. The summed E-state index contributed by atoms with van der Waals surface area (Å²) in [4.78, 5) is 13.9. The van der Waals surface area contributed by atoms with Gasteiger partial charge in [0.05, 0.1) is 21.1 Å². The molecule has 1 rings (SSSR count). The quantitative estimate of drug-likeness (QED) is 0.787. The lowest BCUT2D eigenvalue weighted by Gasteiger charge is -2.22. The van der Waals surface area contributed by atoms with E-state index in [1.165, 1.54) is 5.56 Å². The van der Waals surface area contributed by atoms with Crippen molar-refractivity contribution in [3.05, 3.63) is 23.8 Å². The maximum atomic E-state index is 11.9. The van der Waals surface area contributed by atoms with E-state index in [4.69, 9.17) is 4.74 Å². The highest BCUT2D eigenvalue weighted by molar-refractivity contribution is 5.65. The average molecular weight is 265 g/mol. The van der Waals surface area contributed by atoms with Gasteiger partial charge >= 0.3 is 6.09 Å². The second kappa shape index (κ2) is 5.61. The lowest BCUT2D eigenvalue weighted by atomic mass is 10.0. The van der Waals surface area contributed by atoms with Crippen molar-refractivity contribution < 1.29 is 14.0 Å². The summed E-state index contributed by atoms with van der Waals surface area (Å²) in [6, 6.07) is 5.79. The third-order valence-electron chi connectivity index (χ3n) is 2.86. The molecule has 0 aromatic heterocycles. The van der Waals surface area contributed by atoms with Gasteiger partial charge in [-0.1, -0.05) is 13.8 Å². The Bertz CT molecular complexity index is 460. The highest BCUT2D eigenvalue weighted by atomic mass is 16.6. The van der Waals surface area contributed by atoms with Crippen molar-refractivity contribution in [1.82, 2.24) is 0 Å². The van der Waals surface area contributed by atoms with E-state index in [2.05, 4.69) is 18.7 Å². The van der Waals surface area contributed by atoms with E-state index in [1.54, 1.807) is 21.1 Å². The summed E-state index contributed by atoms with van der Waals surface area (Å²) in [5.74, 6) is 0.979. The van der Waals surface area contributed by atoms with Gasteiger partial charge in [0.2, 0.25) is 0 Å². The Labute approximate surface area is 116 Å². The molecule has 0 aliphatic heterocycles. The Morgan fingerprint density at radius 3 is 2.21 bits per heavy atom. The normalized spacial score (nSPS) is 11.6. The van der Waals surface area contributed by atoms with Crippen LogP contribution in [0.4, 0.5) is 10.5 Å². The Morgan fingerprint density at radius 2 is 1.79 bits per heavy atom. The van der Waals surface area contributed by atoms with E-state index in [0.29, 0.717) is 11.7 Å². The number of nitrogens with zero attached hydrogens (tertiary/aromatic N) is 2. The third kappa shape index (κ3) is 3.96. The van der Waals surface area contributed by atoms with E-state index < -0.39 is 0 Å². The zero-order valence-corrected chi connectivity index (χ0v) is 13.0. The molecule has 4 heteroatoms. The smallest absolute Gasteiger partial charge is 0.381 e. The highest BCUT2D eigenvalue weighted by Crippen LogP contribution is 2.30. The minimum Gasteiger partial charge on any atom is -0.381 e. The molecule has 0 unspecified atom stereocenters. The second-order valence-corrected chi connectivity index (χ2v) is 6.15. The maximum Gasteiger partial charge on any atom is 0.520 e. The van der Waals surface area contributed by atoms with Crippen LogP contribution in [0.3, 0.4) is 0 Å². The number of carbonyl (C=O) groups is 1. The molecule has 1 aromatic carbocycles. The van der Waals surface area contributed by atoms with Gasteiger partial charge in [-0.25, -0.2) is 4.48 Å². The monoisotopic (exact) mass is 265 g/mol. The fourth-order valence-corrected chi connectivity index (χ4v) is 1.70. The number of anilines is 1. The summed E-state index contributed by atoms with van der Waals surface area (Å²) in [5, 5.41) is 0. The van der Waals surface area contributed by atoms with Crippen LogP contribution < -0.4 is 9.64 Å². The van der Waals surface area contributed by atoms with E-state index in [0.717, 1.165) is 5.69 Å². The largest absolute Gasteiger partial charge is 0.520 e. The maximum absolute atomic E-state index is 11.9. The fraction of sp³-hybridized carbons (Fsp3) is 0.533. The molecular weight excluding hydrogens is 240 g/mol. The lowest BCUT2D eigenvalue weighted by Crippen LogP contribution is -2.43. The zero-order valence-electron chi connectivity index (χ0n) is 13.0. The van der Waals surface area contributed by atoms with Gasteiger partial charge in [-0.05, 0) is 29.7 Å². The number of hydrogen-bond acceptors (Lipinski definition) is 3. The molecule has 0 atom stereocenters. The summed E-state index contributed by atoms with van der Waals surface area (Å²) in [7, 11) is 9.40. The summed E-state index contributed by atoms with van der Waals surface area (Å²) in [6.07, 6.45) is -0.271. The molecule has 19 heavy (non-hydrogen) atoms. The molecule has 0 bridgehead atoms. The first-order valence-corrected chi connectivity index (χ1v) is 6.48. The SMILES string of the molecule is CC(C)c1cc(OC(=O)[N+](C)(C)C)ccc1N(C)C. The molecule has 0 aliphatic rings. The summed E-state index contributed by atoms with van der Waals surface area (Å²) < 4.78 is 5.56. The number of quaternary nitrogens is 1. The van der Waals surface area contributed by atoms with Gasteiger partial charge in [0.25, 0.3) is 0 Å². The summed E-state index contributed by atoms with van der Waals surface area (Å²) in [5.41, 5.74) is 2.33. The summed E-state index contributed by atoms with van der Waals surface area (Å²) in [6.45, 7) is 4.27. The van der Waals surface area contributed by atoms with Gasteiger partial charge in [-0.2, -0.15) is 4.79 Å². The summed E-state index contributed by atoms with van der Waals surface area (Å²) >= 11 is 0. The topological polar surface area (TPSA) is 29.5 Å². The molecule has 0 saturated heterocycles. The van der Waals surface area contributed by atoms with Crippen LogP contribution >= 0.6 is 0 Å². The van der Waals surface area contributed by atoms with Crippen molar-refractivity contribution in [2.24, 2.45) is 0 Å². The zero-order chi connectivity index (χ0) is 14.8. The first kappa shape index (κ1) is 15.5. The molecule has 1 amide bonds. The van der Waals surface area contributed by atoms with Crippen molar-refractivity contribution >= 4 is 11.8 Å². The first-order valence-electron chi connectivity index (χ1n) is 6.48. The first-order chi connectivity index (χ1) is 8.62. The lowest BCUT2D eigenvalue weighted by molar-refractivity contribution is -0.793. The predicted octanol–water partition coefficient (Wildman–Crippen LogP) is 3.08. The molecular formula is C15H25N2O2+. The van der Waals surface area contributed by atoms with Crippen molar-refractivity contribution in [3.8, 4) is 5.75 Å². The van der Waals surface area contributed by atoms with Crippen molar-refractivity contribution in [2.45, 2.75) is 19.8 Å². The second-order valence-electron chi connectivity index (χ2n) is 6.15. The number of hydrogen-bond donors (Lipinski definition) is 0. The van der Waals surface area contributed by atoms with Crippen LogP contribution in [-0.2, 0) is 0 Å². The molecule has 0 radical (unpaired) electrons. The van der Waals surface area contributed by atoms with Crippen LogP contribution in [0, 0.1) is 0 Å². The standard InChI is InChI=1S/C15H25N2O2/c1-11(2)13-10-12(8-9-14(13)16(3)4)19-15(18)17(5,6)7/h8-11H,1-7H3/q+1. The molecule has 0 saturated carbocycles. The van der Waals surface area contributed by atoms with Crippen LogP contribution in [0.25, 0.3) is 0 Å². The van der Waals surface area contributed by atoms with Crippen LogP contribution in [-0.4, -0.2) is 45.8 Å². The van der Waals surface area contributed by atoms with E-state index in [9.17, 15) is 4.79 Å². The van der Waals surface area contributed by atoms with Crippen molar-refractivity contribution in [3.63, 3.8) is 0 Å². The fourth-order valence-electron chi connectivity index (χ4n) is 1.70. The van der Waals surface area contributed by atoms with Crippen LogP contribution in [0.2, 0.25) is 0 Å². The third-order valence-corrected chi connectivity index (χ3v) is 2.86. The molecule has 4 nitrogen and oxygen atoms in total. The Hall–Kier alpha value is -1.55. The highest BCUT2D eigenvalue weighted by Gasteiger charge is 2.24. The van der Waals surface area contributed by atoms with Gasteiger partial charge in [0, 0.05) is 19.8 Å². The predicted molar refractivity (Wildman–Crippen MR) is 78.9 cm³/mol. The van der Waals surface area contributed by atoms with E-state index in [-0.39, 0.29) is 10.6 Å². The number of ether oxygens (including phenoxy) is 1. The minimum absolute atomic E-state index is 0.145. The molecule has 106 valence electrons. The van der Waals surface area contributed by atoms with Gasteiger partial charge in [-0.3, -0.25) is 0 Å². The van der Waals surface area contributed by atoms with Gasteiger partial charge < -0.3 is 9.64 Å². The average Bonchev–Trinajstić information content (AvgIpc) is 2.27. The van der Waals surface area contributed by atoms with E-state index in [1.807, 2.05) is 32.3 Å². The molecule has 0 fully saturated rings. The molecule has 1 aromatic rings.